The minimum absolute atomic E-state index is 0.0514. The zero-order valence-electron chi connectivity index (χ0n) is 20.3. The number of nitrogens with zero attached hydrogens (tertiary/aromatic N) is 2. The van der Waals surface area contributed by atoms with Gasteiger partial charge >= 0.3 is 5.97 Å². The molecule has 2 saturated carbocycles. The van der Waals surface area contributed by atoms with Crippen LogP contribution in [-0.2, 0) is 19.2 Å². The summed E-state index contributed by atoms with van der Waals surface area (Å²) in [6, 6.07) is 12.1. The van der Waals surface area contributed by atoms with Crippen LogP contribution in [0.2, 0.25) is 0 Å². The summed E-state index contributed by atoms with van der Waals surface area (Å²) >= 11 is 0. The molecule has 8 heteroatoms. The highest BCUT2D eigenvalue weighted by atomic mass is 16.5. The summed E-state index contributed by atoms with van der Waals surface area (Å²) in [6.45, 7) is 2.01. The summed E-state index contributed by atoms with van der Waals surface area (Å²) in [5.41, 5.74) is 1.86. The number of carbonyl (C=O) groups is 4. The van der Waals surface area contributed by atoms with E-state index in [0.717, 1.165) is 19.3 Å². The fraction of sp³-hybridized carbons (Fsp3) is 0.429. The first kappa shape index (κ1) is 22.8. The van der Waals surface area contributed by atoms with Crippen LogP contribution in [0.4, 0.5) is 11.4 Å². The topological polar surface area (TPSA) is 93.2 Å². The number of rotatable bonds is 5. The van der Waals surface area contributed by atoms with Crippen molar-refractivity contribution in [2.75, 3.05) is 23.5 Å². The van der Waals surface area contributed by atoms with E-state index < -0.39 is 11.9 Å². The molecule has 2 aromatic rings. The van der Waals surface area contributed by atoms with E-state index in [4.69, 9.17) is 9.47 Å². The first-order valence-corrected chi connectivity index (χ1v) is 12.5. The Morgan fingerprint density at radius 2 is 1.64 bits per heavy atom. The number of benzene rings is 2. The lowest BCUT2D eigenvalue weighted by Crippen LogP contribution is -2.33. The number of imide groups is 1. The van der Waals surface area contributed by atoms with Crippen LogP contribution in [0.1, 0.15) is 31.2 Å². The van der Waals surface area contributed by atoms with Gasteiger partial charge in [0.15, 0.2) is 0 Å². The fourth-order valence-corrected chi connectivity index (χ4v) is 6.74. The number of hydrogen-bond acceptors (Lipinski definition) is 6. The first-order chi connectivity index (χ1) is 17.4. The molecule has 0 aromatic heterocycles. The largest absolute Gasteiger partial charge is 0.495 e. The van der Waals surface area contributed by atoms with Crippen LogP contribution in [-0.4, -0.2) is 37.3 Å². The molecular weight excluding hydrogens is 460 g/mol. The summed E-state index contributed by atoms with van der Waals surface area (Å²) in [5, 5.41) is 0. The van der Waals surface area contributed by atoms with Crippen LogP contribution in [0.25, 0.3) is 0 Å². The van der Waals surface area contributed by atoms with Gasteiger partial charge in [-0.05, 0) is 73.9 Å². The van der Waals surface area contributed by atoms with Gasteiger partial charge in [0.2, 0.25) is 17.7 Å². The van der Waals surface area contributed by atoms with Gasteiger partial charge in [-0.1, -0.05) is 12.1 Å². The zero-order valence-corrected chi connectivity index (χ0v) is 20.3. The Morgan fingerprint density at radius 3 is 2.31 bits per heavy atom. The molecule has 36 heavy (non-hydrogen) atoms. The maximum Gasteiger partial charge on any atom is 0.316 e. The van der Waals surface area contributed by atoms with E-state index in [1.165, 1.54) is 12.0 Å². The Hall–Kier alpha value is -3.68. The number of ether oxygens (including phenoxy) is 2. The van der Waals surface area contributed by atoms with Gasteiger partial charge < -0.3 is 14.4 Å². The molecule has 2 saturated heterocycles. The Labute approximate surface area is 209 Å². The van der Waals surface area contributed by atoms with E-state index in [9.17, 15) is 19.2 Å². The van der Waals surface area contributed by atoms with Crippen LogP contribution in [0.5, 0.6) is 11.5 Å². The summed E-state index contributed by atoms with van der Waals surface area (Å²) in [5.74, 6) is -0.281. The van der Waals surface area contributed by atoms with Crippen LogP contribution in [0.3, 0.4) is 0 Å². The second-order valence-electron chi connectivity index (χ2n) is 10.3. The maximum absolute atomic E-state index is 13.2. The minimum atomic E-state index is -0.612. The van der Waals surface area contributed by atoms with Gasteiger partial charge in [-0.3, -0.25) is 19.2 Å². The normalized spacial score (nSPS) is 28.7. The molecule has 4 aliphatic rings. The van der Waals surface area contributed by atoms with Crippen molar-refractivity contribution in [3.05, 3.63) is 48.0 Å². The lowest BCUT2D eigenvalue weighted by Gasteiger charge is -2.20. The third-order valence-electron chi connectivity index (χ3n) is 8.39. The molecule has 0 N–H and O–H groups in total. The fourth-order valence-electron chi connectivity index (χ4n) is 6.74. The molecular formula is C28H28N2O6. The Kier molecular flexibility index (Phi) is 5.35. The van der Waals surface area contributed by atoms with Gasteiger partial charge in [0.05, 0.1) is 36.2 Å². The lowest BCUT2D eigenvalue weighted by molar-refractivity contribution is -0.139. The molecule has 2 aliphatic heterocycles. The second-order valence-corrected chi connectivity index (χ2v) is 10.3. The number of esters is 1. The van der Waals surface area contributed by atoms with E-state index in [1.807, 2.05) is 12.1 Å². The van der Waals surface area contributed by atoms with Gasteiger partial charge in [0, 0.05) is 13.0 Å². The minimum Gasteiger partial charge on any atom is -0.495 e. The predicted octanol–water partition coefficient (Wildman–Crippen LogP) is 3.50. The standard InChI is InChI=1S/C28H28N2O6/c1-15-11-19(9-10-20(15)30-26(32)24-16-7-8-17(12-16)25(24)27(30)33)36-28(34)18-13-23(31)29(14-18)21-5-3-4-6-22(21)35-2/h3-6,9-11,16-18,24-25H,7-8,12-14H2,1-2H3/t16-,17-,18+,24+,25+/m0/s1. The van der Waals surface area contributed by atoms with Gasteiger partial charge in [-0.15, -0.1) is 0 Å². The van der Waals surface area contributed by atoms with Crippen LogP contribution >= 0.6 is 0 Å². The monoisotopic (exact) mass is 488 g/mol. The highest BCUT2D eigenvalue weighted by Crippen LogP contribution is 2.56. The van der Waals surface area contributed by atoms with E-state index in [0.29, 0.717) is 40.3 Å². The molecule has 2 aliphatic carbocycles. The molecule has 186 valence electrons. The summed E-state index contributed by atoms with van der Waals surface area (Å²) in [6.07, 6.45) is 3.11. The number of amides is 3. The van der Waals surface area contributed by atoms with Crippen molar-refractivity contribution < 1.29 is 28.7 Å². The summed E-state index contributed by atoms with van der Waals surface area (Å²) < 4.78 is 11.0. The molecule has 6 rings (SSSR count). The third kappa shape index (κ3) is 3.42. The smallest absolute Gasteiger partial charge is 0.316 e. The van der Waals surface area contributed by atoms with Gasteiger partial charge in [0.25, 0.3) is 0 Å². The quantitative estimate of drug-likeness (QED) is 0.363. The van der Waals surface area contributed by atoms with E-state index in [-0.39, 0.29) is 42.5 Å². The molecule has 5 atom stereocenters. The number of carbonyl (C=O) groups excluding carboxylic acids is 4. The lowest BCUT2D eigenvalue weighted by atomic mass is 9.81. The molecule has 0 radical (unpaired) electrons. The van der Waals surface area contributed by atoms with E-state index >= 15 is 0 Å². The SMILES string of the molecule is COc1ccccc1N1C[C@H](C(=O)Oc2ccc(N3C(=O)[C@@H]4[C@H]5CC[C@@H](C5)[C@H]4C3=O)c(C)c2)CC1=O. The highest BCUT2D eigenvalue weighted by molar-refractivity contribution is 6.23. The van der Waals surface area contributed by atoms with Gasteiger partial charge in [0.1, 0.15) is 11.5 Å². The van der Waals surface area contributed by atoms with Crippen molar-refractivity contribution in [3.8, 4) is 11.5 Å². The van der Waals surface area contributed by atoms with E-state index in [2.05, 4.69) is 0 Å². The maximum atomic E-state index is 13.2. The number of anilines is 2. The van der Waals surface area contributed by atoms with E-state index in [1.54, 1.807) is 42.2 Å². The molecule has 2 aromatic carbocycles. The van der Waals surface area contributed by atoms with Crippen molar-refractivity contribution in [3.63, 3.8) is 0 Å². The van der Waals surface area contributed by atoms with Crippen LogP contribution in [0.15, 0.2) is 42.5 Å². The molecule has 0 spiro atoms. The molecule has 8 nitrogen and oxygen atoms in total. The number of fused-ring (bicyclic) bond motifs is 5. The third-order valence-corrected chi connectivity index (χ3v) is 8.39. The Bertz CT molecular complexity index is 1260. The second kappa shape index (κ2) is 8.47. The number of para-hydroxylation sites is 2. The predicted molar refractivity (Wildman–Crippen MR) is 131 cm³/mol. The zero-order chi connectivity index (χ0) is 25.1. The Morgan fingerprint density at radius 1 is 0.944 bits per heavy atom. The average molecular weight is 489 g/mol. The highest BCUT2D eigenvalue weighted by Gasteiger charge is 2.61. The number of hydrogen-bond donors (Lipinski definition) is 0. The van der Waals surface area contributed by atoms with Crippen molar-refractivity contribution >= 4 is 35.1 Å². The summed E-state index contributed by atoms with van der Waals surface area (Å²) in [7, 11) is 1.54. The van der Waals surface area contributed by atoms with Crippen molar-refractivity contribution in [2.45, 2.75) is 32.6 Å². The number of aryl methyl sites for hydroxylation is 1. The Balaban J connectivity index is 1.16. The van der Waals surface area contributed by atoms with Gasteiger partial charge in [-0.25, -0.2) is 4.90 Å². The molecule has 4 fully saturated rings. The average Bonchev–Trinajstić information content (AvgIpc) is 3.63. The molecule has 2 heterocycles. The number of methoxy groups -OCH3 is 1. The van der Waals surface area contributed by atoms with Crippen LogP contribution < -0.4 is 19.3 Å². The molecule has 0 unspecified atom stereocenters. The van der Waals surface area contributed by atoms with Gasteiger partial charge in [-0.2, -0.15) is 0 Å². The molecule has 3 amide bonds. The van der Waals surface area contributed by atoms with Crippen molar-refractivity contribution in [1.29, 1.82) is 0 Å². The van der Waals surface area contributed by atoms with Crippen molar-refractivity contribution in [2.24, 2.45) is 29.6 Å². The van der Waals surface area contributed by atoms with Crippen molar-refractivity contribution in [1.82, 2.24) is 0 Å². The molecule has 2 bridgehead atoms. The first-order valence-electron chi connectivity index (χ1n) is 12.5. The summed E-state index contributed by atoms with van der Waals surface area (Å²) in [4.78, 5) is 54.8. The van der Waals surface area contributed by atoms with Crippen LogP contribution in [0, 0.1) is 36.5 Å².